The van der Waals surface area contributed by atoms with Gasteiger partial charge in [-0.15, -0.1) is 12.4 Å². The molecule has 1 fully saturated rings. The first-order valence-corrected chi connectivity index (χ1v) is 8.84. The van der Waals surface area contributed by atoms with Crippen LogP contribution < -0.4 is 19.7 Å². The lowest BCUT2D eigenvalue weighted by atomic mass is 10.1. The number of carbonyl (C=O) groups is 1. The van der Waals surface area contributed by atoms with Crippen molar-refractivity contribution in [3.63, 3.8) is 0 Å². The number of nitrogens with one attached hydrogen (secondary N) is 1. The van der Waals surface area contributed by atoms with Crippen LogP contribution >= 0.6 is 12.4 Å². The molecule has 1 saturated heterocycles. The van der Waals surface area contributed by atoms with Crippen LogP contribution in [-0.2, 0) is 11.2 Å². The lowest BCUT2D eigenvalue weighted by Crippen LogP contribution is -2.25. The van der Waals surface area contributed by atoms with E-state index in [4.69, 9.17) is 14.0 Å². The van der Waals surface area contributed by atoms with E-state index in [1.165, 1.54) is 0 Å². The van der Waals surface area contributed by atoms with Gasteiger partial charge in [0.25, 0.3) is 0 Å². The van der Waals surface area contributed by atoms with Crippen molar-refractivity contribution in [1.29, 1.82) is 0 Å². The van der Waals surface area contributed by atoms with Crippen LogP contribution in [-0.4, -0.2) is 48.9 Å². The lowest BCUT2D eigenvalue weighted by molar-refractivity contribution is -0.117. The fourth-order valence-corrected chi connectivity index (χ4v) is 3.21. The molecule has 0 aliphatic carbocycles. The molecule has 2 atom stereocenters. The molecule has 9 heteroatoms. The Kier molecular flexibility index (Phi) is 5.86. The van der Waals surface area contributed by atoms with E-state index < -0.39 is 0 Å². The van der Waals surface area contributed by atoms with E-state index in [2.05, 4.69) is 22.4 Å². The molecule has 0 bridgehead atoms. The van der Waals surface area contributed by atoms with Gasteiger partial charge in [-0.3, -0.25) is 4.79 Å². The number of hydrogen-bond acceptors (Lipinski definition) is 7. The topological polar surface area (TPSA) is 89.7 Å². The Morgan fingerprint density at radius 2 is 2.07 bits per heavy atom. The molecule has 2 aromatic rings. The van der Waals surface area contributed by atoms with E-state index in [0.29, 0.717) is 55.8 Å². The fourth-order valence-electron chi connectivity index (χ4n) is 3.21. The molecule has 2 aliphatic rings. The summed E-state index contributed by atoms with van der Waals surface area (Å²) in [4.78, 5) is 18.7. The maximum absolute atomic E-state index is 12.5. The molecule has 2 aliphatic heterocycles. The van der Waals surface area contributed by atoms with Gasteiger partial charge in [0, 0.05) is 37.2 Å². The van der Waals surface area contributed by atoms with Crippen LogP contribution in [0.5, 0.6) is 11.5 Å². The van der Waals surface area contributed by atoms with Crippen molar-refractivity contribution in [2.75, 3.05) is 31.7 Å². The summed E-state index contributed by atoms with van der Waals surface area (Å²) in [7, 11) is 1.90. The number of benzene rings is 1. The molecule has 3 heterocycles. The maximum atomic E-state index is 12.5. The Morgan fingerprint density at radius 1 is 1.30 bits per heavy atom. The minimum Gasteiger partial charge on any atom is -0.486 e. The smallest absolute Gasteiger partial charge is 0.232 e. The summed E-state index contributed by atoms with van der Waals surface area (Å²) in [5.74, 6) is 2.51. The molecule has 0 spiro atoms. The van der Waals surface area contributed by atoms with Gasteiger partial charge in [-0.1, -0.05) is 5.16 Å². The monoisotopic (exact) mass is 394 g/mol. The number of fused-ring (bicyclic) bond motifs is 1. The van der Waals surface area contributed by atoms with Gasteiger partial charge in [0.05, 0.1) is 5.92 Å². The fraction of sp³-hybridized carbons (Fsp3) is 0.500. The van der Waals surface area contributed by atoms with E-state index >= 15 is 0 Å². The van der Waals surface area contributed by atoms with E-state index in [-0.39, 0.29) is 30.3 Å². The van der Waals surface area contributed by atoms with Gasteiger partial charge in [-0.2, -0.15) is 4.98 Å². The zero-order chi connectivity index (χ0) is 18.1. The zero-order valence-electron chi connectivity index (χ0n) is 15.3. The number of hydrogen-bond donors (Lipinski definition) is 1. The highest BCUT2D eigenvalue weighted by atomic mass is 35.5. The van der Waals surface area contributed by atoms with E-state index in [1.54, 1.807) is 4.90 Å². The predicted molar refractivity (Wildman–Crippen MR) is 101 cm³/mol. The second kappa shape index (κ2) is 8.14. The second-order valence-corrected chi connectivity index (χ2v) is 6.68. The van der Waals surface area contributed by atoms with Crippen LogP contribution in [0.25, 0.3) is 0 Å². The van der Waals surface area contributed by atoms with Gasteiger partial charge in [0.1, 0.15) is 13.2 Å². The van der Waals surface area contributed by atoms with Gasteiger partial charge < -0.3 is 24.2 Å². The number of anilines is 1. The maximum Gasteiger partial charge on any atom is 0.232 e. The summed E-state index contributed by atoms with van der Waals surface area (Å²) < 4.78 is 16.6. The van der Waals surface area contributed by atoms with Gasteiger partial charge in [-0.05, 0) is 26.1 Å². The standard InChI is InChI=1S/C18H22N4O4.ClH/c1-11(19-2)7-16-20-18(26-21-16)12-8-17(23)22(10-12)13-3-4-14-15(9-13)25-6-5-24-14;/h3-4,9,11-12,19H,5-8,10H2,1-2H3;1H. The Morgan fingerprint density at radius 3 is 2.85 bits per heavy atom. The summed E-state index contributed by atoms with van der Waals surface area (Å²) in [5, 5.41) is 7.18. The van der Waals surface area contributed by atoms with Gasteiger partial charge >= 0.3 is 0 Å². The number of halogens is 1. The van der Waals surface area contributed by atoms with Crippen LogP contribution in [0.1, 0.15) is 31.0 Å². The summed E-state index contributed by atoms with van der Waals surface area (Å²) in [5.41, 5.74) is 0.797. The number of amides is 1. The van der Waals surface area contributed by atoms with Gasteiger partial charge in [-0.25, -0.2) is 0 Å². The first kappa shape index (κ1) is 19.4. The summed E-state index contributed by atoms with van der Waals surface area (Å²) in [6.45, 7) is 3.63. The first-order valence-electron chi connectivity index (χ1n) is 8.84. The molecule has 8 nitrogen and oxygen atoms in total. The number of carbonyl (C=O) groups excluding carboxylic acids is 1. The third kappa shape index (κ3) is 4.01. The van der Waals surface area contributed by atoms with Crippen molar-refractivity contribution in [2.45, 2.75) is 31.7 Å². The van der Waals surface area contributed by atoms with Crippen molar-refractivity contribution in [3.05, 3.63) is 29.9 Å². The molecule has 1 aromatic heterocycles. The van der Waals surface area contributed by atoms with Gasteiger partial charge in [0.15, 0.2) is 17.3 Å². The molecule has 1 amide bonds. The SMILES string of the molecule is CNC(C)Cc1noc(C2CC(=O)N(c3ccc4c(c3)OCCO4)C2)n1.Cl. The molecule has 1 N–H and O–H groups in total. The minimum absolute atomic E-state index is 0. The summed E-state index contributed by atoms with van der Waals surface area (Å²) in [6.07, 6.45) is 1.05. The van der Waals surface area contributed by atoms with Gasteiger partial charge in [0.2, 0.25) is 11.8 Å². The molecule has 146 valence electrons. The van der Waals surface area contributed by atoms with Crippen molar-refractivity contribution in [2.24, 2.45) is 0 Å². The van der Waals surface area contributed by atoms with Crippen molar-refractivity contribution in [3.8, 4) is 11.5 Å². The van der Waals surface area contributed by atoms with Crippen LogP contribution in [0, 0.1) is 0 Å². The van der Waals surface area contributed by atoms with Crippen LogP contribution in [0.15, 0.2) is 22.7 Å². The van der Waals surface area contributed by atoms with Crippen LogP contribution in [0.4, 0.5) is 5.69 Å². The summed E-state index contributed by atoms with van der Waals surface area (Å²) >= 11 is 0. The van der Waals surface area contributed by atoms with E-state index in [1.807, 2.05) is 25.2 Å². The molecule has 4 rings (SSSR count). The largest absolute Gasteiger partial charge is 0.486 e. The molecule has 1 aromatic carbocycles. The molecule has 2 unspecified atom stereocenters. The molecular weight excluding hydrogens is 372 g/mol. The summed E-state index contributed by atoms with van der Waals surface area (Å²) in [6, 6.07) is 5.83. The highest BCUT2D eigenvalue weighted by Gasteiger charge is 2.35. The predicted octanol–water partition coefficient (Wildman–Crippen LogP) is 1.93. The molecule has 27 heavy (non-hydrogen) atoms. The van der Waals surface area contributed by atoms with E-state index in [9.17, 15) is 4.79 Å². The number of aromatic nitrogens is 2. The van der Waals surface area contributed by atoms with Crippen LogP contribution in [0.3, 0.4) is 0 Å². The molecular formula is C18H23ClN4O4. The van der Waals surface area contributed by atoms with Crippen molar-refractivity contribution >= 4 is 24.0 Å². The minimum atomic E-state index is -0.0955. The zero-order valence-corrected chi connectivity index (χ0v) is 16.1. The van der Waals surface area contributed by atoms with Crippen molar-refractivity contribution < 1.29 is 18.8 Å². The Balaban J connectivity index is 0.00000210. The third-order valence-electron chi connectivity index (χ3n) is 4.78. The highest BCUT2D eigenvalue weighted by molar-refractivity contribution is 5.96. The number of rotatable bonds is 5. The Bertz CT molecular complexity index is 812. The highest BCUT2D eigenvalue weighted by Crippen LogP contribution is 2.37. The molecule has 0 saturated carbocycles. The van der Waals surface area contributed by atoms with E-state index in [0.717, 1.165) is 5.69 Å². The average Bonchev–Trinajstić information content (AvgIpc) is 3.27. The molecule has 0 radical (unpaired) electrons. The lowest BCUT2D eigenvalue weighted by Gasteiger charge is -2.22. The van der Waals surface area contributed by atoms with Crippen molar-refractivity contribution in [1.82, 2.24) is 15.5 Å². The number of ether oxygens (including phenoxy) is 2. The van der Waals surface area contributed by atoms with Crippen LogP contribution in [0.2, 0.25) is 0 Å². The Hall–Kier alpha value is -2.32. The number of nitrogens with zero attached hydrogens (tertiary/aromatic N) is 3. The first-order chi connectivity index (χ1) is 12.6. The quantitative estimate of drug-likeness (QED) is 0.828. The number of likely N-dealkylation sites (N-methyl/N-ethyl adjacent to an activating group) is 1. The third-order valence-corrected chi connectivity index (χ3v) is 4.78. The second-order valence-electron chi connectivity index (χ2n) is 6.68. The normalized spacial score (nSPS) is 19.7. The average molecular weight is 395 g/mol. The Labute approximate surface area is 163 Å².